The van der Waals surface area contributed by atoms with Crippen molar-refractivity contribution in [3.63, 3.8) is 0 Å². The monoisotopic (exact) mass is 436 g/mol. The van der Waals surface area contributed by atoms with Gasteiger partial charge in [0.25, 0.3) is 0 Å². The largest absolute Gasteiger partial charge is 0.327 e. The summed E-state index contributed by atoms with van der Waals surface area (Å²) in [6, 6.07) is 19.8. The van der Waals surface area contributed by atoms with Gasteiger partial charge in [0, 0.05) is 13.1 Å². The van der Waals surface area contributed by atoms with Gasteiger partial charge in [-0.2, -0.15) is 0 Å². The van der Waals surface area contributed by atoms with Gasteiger partial charge in [-0.25, -0.2) is 18.5 Å². The topological polar surface area (TPSA) is 81.2 Å². The van der Waals surface area contributed by atoms with E-state index in [1.54, 1.807) is 12.1 Å². The fraction of sp³-hybridized carbons (Fsp3) is 0.292. The summed E-state index contributed by atoms with van der Waals surface area (Å²) in [5, 5.41) is 7.78. The molecule has 0 spiro atoms. The van der Waals surface area contributed by atoms with Crippen LogP contribution in [0.15, 0.2) is 65.6 Å². The van der Waals surface area contributed by atoms with Crippen LogP contribution in [0, 0.1) is 0 Å². The predicted molar refractivity (Wildman–Crippen MR) is 125 cm³/mol. The number of sulfonamides is 1. The number of nitrogens with two attached hydrogens (primary N) is 1. The highest BCUT2D eigenvalue weighted by Crippen LogP contribution is 2.22. The second-order valence-electron chi connectivity index (χ2n) is 8.08. The molecule has 1 aromatic heterocycles. The van der Waals surface area contributed by atoms with Crippen LogP contribution in [0.5, 0.6) is 0 Å². The molecule has 0 aliphatic rings. The fourth-order valence-electron chi connectivity index (χ4n) is 3.97. The van der Waals surface area contributed by atoms with E-state index in [2.05, 4.69) is 65.9 Å². The van der Waals surface area contributed by atoms with Crippen LogP contribution in [-0.4, -0.2) is 29.9 Å². The van der Waals surface area contributed by atoms with E-state index in [0.29, 0.717) is 12.1 Å². The van der Waals surface area contributed by atoms with Crippen molar-refractivity contribution in [1.82, 2.24) is 14.5 Å². The number of primary sulfonamides is 1. The van der Waals surface area contributed by atoms with Crippen molar-refractivity contribution in [2.24, 2.45) is 5.14 Å². The molecule has 0 aliphatic heterocycles. The summed E-state index contributed by atoms with van der Waals surface area (Å²) < 4.78 is 25.7. The zero-order valence-corrected chi connectivity index (χ0v) is 18.8. The number of hydrogen-bond acceptors (Lipinski definition) is 4. The van der Waals surface area contributed by atoms with Crippen LogP contribution in [0.25, 0.3) is 21.8 Å². The molecule has 2 N–H and O–H groups in total. The van der Waals surface area contributed by atoms with Crippen LogP contribution in [0.2, 0.25) is 0 Å². The Morgan fingerprint density at radius 1 is 1.00 bits per heavy atom. The van der Waals surface area contributed by atoms with Crippen LogP contribution in [0.1, 0.15) is 31.2 Å². The molecular formula is C24H28N4O2S. The van der Waals surface area contributed by atoms with Crippen LogP contribution in [0.3, 0.4) is 0 Å². The summed E-state index contributed by atoms with van der Waals surface area (Å²) in [7, 11) is -1.68. The van der Waals surface area contributed by atoms with Crippen molar-refractivity contribution in [3.8, 4) is 0 Å². The van der Waals surface area contributed by atoms with E-state index in [1.165, 1.54) is 16.3 Å². The molecule has 7 heteroatoms. The number of unbranched alkanes of at least 4 members (excludes halogenated alkanes) is 1. The van der Waals surface area contributed by atoms with Gasteiger partial charge in [0.15, 0.2) is 0 Å². The molecule has 0 fully saturated rings. The minimum atomic E-state index is -3.76. The van der Waals surface area contributed by atoms with E-state index in [9.17, 15) is 8.42 Å². The fourth-order valence-corrected chi connectivity index (χ4v) is 4.50. The smallest absolute Gasteiger partial charge is 0.238 e. The summed E-state index contributed by atoms with van der Waals surface area (Å²) >= 11 is 0. The molecular weight excluding hydrogens is 408 g/mol. The van der Waals surface area contributed by atoms with Crippen LogP contribution in [0.4, 0.5) is 0 Å². The van der Waals surface area contributed by atoms with Gasteiger partial charge in [0.1, 0.15) is 5.82 Å². The molecule has 31 heavy (non-hydrogen) atoms. The number of imidazole rings is 1. The van der Waals surface area contributed by atoms with E-state index < -0.39 is 10.0 Å². The number of rotatable bonds is 8. The lowest BCUT2D eigenvalue weighted by atomic mass is 10.1. The number of nitrogens with zero attached hydrogens (tertiary/aromatic N) is 3. The molecule has 6 nitrogen and oxygen atoms in total. The molecule has 3 aromatic carbocycles. The van der Waals surface area contributed by atoms with E-state index in [4.69, 9.17) is 10.1 Å². The van der Waals surface area contributed by atoms with Gasteiger partial charge < -0.3 is 4.57 Å². The Hall–Kier alpha value is -2.74. The zero-order valence-electron chi connectivity index (χ0n) is 18.0. The first kappa shape index (κ1) is 21.5. The highest BCUT2D eigenvalue weighted by atomic mass is 32.2. The van der Waals surface area contributed by atoms with Gasteiger partial charge in [-0.1, -0.05) is 49.7 Å². The Labute approximate surface area is 183 Å². The van der Waals surface area contributed by atoms with Gasteiger partial charge in [0.2, 0.25) is 10.0 Å². The van der Waals surface area contributed by atoms with E-state index in [1.807, 2.05) is 6.07 Å². The molecule has 1 heterocycles. The molecule has 0 atom stereocenters. The SMILES string of the molecule is CCCCn1c(CN(C)Cc2ccc3ccccc3c2)nc2cc(S(N)(=O)=O)ccc21. The molecule has 0 radical (unpaired) electrons. The highest BCUT2D eigenvalue weighted by molar-refractivity contribution is 7.89. The van der Waals surface area contributed by atoms with Crippen molar-refractivity contribution < 1.29 is 8.42 Å². The average molecular weight is 437 g/mol. The number of aromatic nitrogens is 2. The average Bonchev–Trinajstić information content (AvgIpc) is 3.07. The standard InChI is InChI=1S/C24H28N4O2S/c1-3-4-13-28-23-12-11-21(31(25,29)30)15-22(23)26-24(28)17-27(2)16-18-9-10-19-7-5-6-8-20(19)14-18/h5-12,14-15H,3-4,13,16-17H2,1-2H3,(H2,25,29,30). The Morgan fingerprint density at radius 2 is 1.77 bits per heavy atom. The zero-order chi connectivity index (χ0) is 22.0. The normalized spacial score (nSPS) is 12.3. The van der Waals surface area contributed by atoms with Crippen molar-refractivity contribution >= 4 is 31.8 Å². The maximum absolute atomic E-state index is 11.7. The van der Waals surface area contributed by atoms with Crippen molar-refractivity contribution in [2.75, 3.05) is 7.05 Å². The van der Waals surface area contributed by atoms with Crippen LogP contribution >= 0.6 is 0 Å². The molecule has 4 rings (SSSR count). The Bertz CT molecular complexity index is 1330. The van der Waals surface area contributed by atoms with Gasteiger partial charge in [0.05, 0.1) is 22.5 Å². The summed E-state index contributed by atoms with van der Waals surface area (Å²) in [6.45, 7) is 4.46. The Morgan fingerprint density at radius 3 is 2.52 bits per heavy atom. The minimum Gasteiger partial charge on any atom is -0.327 e. The third kappa shape index (κ3) is 4.79. The Kier molecular flexibility index (Phi) is 6.09. The lowest BCUT2D eigenvalue weighted by Crippen LogP contribution is -2.20. The van der Waals surface area contributed by atoms with Crippen molar-refractivity contribution in [1.29, 1.82) is 0 Å². The van der Waals surface area contributed by atoms with Crippen molar-refractivity contribution in [3.05, 3.63) is 72.1 Å². The lowest BCUT2D eigenvalue weighted by Gasteiger charge is -2.18. The first-order valence-corrected chi connectivity index (χ1v) is 12.1. The second kappa shape index (κ2) is 8.78. The first-order chi connectivity index (χ1) is 14.8. The second-order valence-corrected chi connectivity index (χ2v) is 9.64. The molecule has 0 unspecified atom stereocenters. The molecule has 0 bridgehead atoms. The predicted octanol–water partition coefficient (Wildman–Crippen LogP) is 4.27. The molecule has 0 aliphatic carbocycles. The summed E-state index contributed by atoms with van der Waals surface area (Å²) in [6.07, 6.45) is 2.10. The molecule has 162 valence electrons. The van der Waals surface area contributed by atoms with E-state index >= 15 is 0 Å². The molecule has 0 saturated carbocycles. The third-order valence-electron chi connectivity index (χ3n) is 5.54. The third-order valence-corrected chi connectivity index (χ3v) is 6.45. The van der Waals surface area contributed by atoms with E-state index in [-0.39, 0.29) is 4.90 Å². The van der Waals surface area contributed by atoms with Crippen molar-refractivity contribution in [2.45, 2.75) is 44.3 Å². The number of fused-ring (bicyclic) bond motifs is 2. The van der Waals surface area contributed by atoms with Crippen LogP contribution in [-0.2, 0) is 29.7 Å². The number of benzene rings is 3. The highest BCUT2D eigenvalue weighted by Gasteiger charge is 2.16. The maximum Gasteiger partial charge on any atom is 0.238 e. The van der Waals surface area contributed by atoms with E-state index in [0.717, 1.165) is 37.3 Å². The summed E-state index contributed by atoms with van der Waals surface area (Å²) in [4.78, 5) is 7.10. The first-order valence-electron chi connectivity index (χ1n) is 10.5. The van der Waals surface area contributed by atoms with Gasteiger partial charge in [-0.05, 0) is 54.1 Å². The quantitative estimate of drug-likeness (QED) is 0.447. The Balaban J connectivity index is 1.61. The van der Waals surface area contributed by atoms with Gasteiger partial charge in [-0.15, -0.1) is 0 Å². The summed E-state index contributed by atoms with van der Waals surface area (Å²) in [5.74, 6) is 0.929. The van der Waals surface area contributed by atoms with Crippen LogP contribution < -0.4 is 5.14 Å². The van der Waals surface area contributed by atoms with Gasteiger partial charge >= 0.3 is 0 Å². The molecule has 0 amide bonds. The minimum absolute atomic E-state index is 0.0937. The number of hydrogen-bond donors (Lipinski definition) is 1. The lowest BCUT2D eigenvalue weighted by molar-refractivity contribution is 0.305. The summed E-state index contributed by atoms with van der Waals surface area (Å²) in [5.41, 5.74) is 2.85. The number of aryl methyl sites for hydroxylation is 1. The van der Waals surface area contributed by atoms with Gasteiger partial charge in [-0.3, -0.25) is 4.90 Å². The molecule has 4 aromatic rings. The molecule has 0 saturated heterocycles. The maximum atomic E-state index is 11.7.